The smallest absolute Gasteiger partial charge is 0.270 e. The number of nitro benzene ring substituents is 1. The van der Waals surface area contributed by atoms with Gasteiger partial charge in [0.2, 0.25) is 0 Å². The number of hydrogen-bond donors (Lipinski definition) is 2. The molecule has 0 aliphatic carbocycles. The normalized spacial score (nSPS) is 11.1. The van der Waals surface area contributed by atoms with Crippen molar-refractivity contribution < 1.29 is 13.3 Å². The van der Waals surface area contributed by atoms with Gasteiger partial charge >= 0.3 is 0 Å². The summed E-state index contributed by atoms with van der Waals surface area (Å²) in [5.74, 6) is 0. The van der Waals surface area contributed by atoms with Crippen molar-refractivity contribution >= 4 is 37.9 Å². The minimum Gasteiger partial charge on any atom is -0.384 e. The largest absolute Gasteiger partial charge is 0.384 e. The number of anilines is 2. The van der Waals surface area contributed by atoms with Crippen molar-refractivity contribution in [1.82, 2.24) is 4.98 Å². The van der Waals surface area contributed by atoms with Gasteiger partial charge in [-0.05, 0) is 13.0 Å². The van der Waals surface area contributed by atoms with Crippen LogP contribution in [0.15, 0.2) is 34.7 Å². The molecule has 0 unspecified atom stereocenters. The van der Waals surface area contributed by atoms with Crippen LogP contribution in [0.5, 0.6) is 0 Å². The third kappa shape index (κ3) is 3.47. The van der Waals surface area contributed by atoms with Gasteiger partial charge in [-0.1, -0.05) is 0 Å². The van der Waals surface area contributed by atoms with Gasteiger partial charge in [-0.3, -0.25) is 14.8 Å². The van der Waals surface area contributed by atoms with Crippen LogP contribution in [0.25, 0.3) is 0 Å². The number of nitrogens with zero attached hydrogens (tertiary/aromatic N) is 2. The van der Waals surface area contributed by atoms with E-state index in [2.05, 4.69) is 15.0 Å². The van der Waals surface area contributed by atoms with E-state index in [1.165, 1.54) is 18.3 Å². The summed E-state index contributed by atoms with van der Waals surface area (Å²) in [5.41, 5.74) is 0.00308. The van der Waals surface area contributed by atoms with Crippen molar-refractivity contribution in [3.63, 3.8) is 0 Å². The minimum atomic E-state index is -3.96. The highest BCUT2D eigenvalue weighted by molar-refractivity contribution is 7.93. The Labute approximate surface area is 125 Å². The highest BCUT2D eigenvalue weighted by Crippen LogP contribution is 2.28. The predicted octanol–water partition coefficient (Wildman–Crippen LogP) is 2.28. The highest BCUT2D eigenvalue weighted by atomic mass is 32.2. The number of nitro groups is 1. The molecular weight excluding hydrogens is 316 g/mol. The Morgan fingerprint density at radius 3 is 2.76 bits per heavy atom. The fourth-order valence-corrected chi connectivity index (χ4v) is 3.62. The number of nitrogens with one attached hydrogen (secondary N) is 2. The van der Waals surface area contributed by atoms with E-state index in [1.54, 1.807) is 12.3 Å². The van der Waals surface area contributed by atoms with Crippen molar-refractivity contribution in [3.05, 3.63) is 39.9 Å². The molecule has 0 amide bonds. The lowest BCUT2D eigenvalue weighted by atomic mass is 10.3. The summed E-state index contributed by atoms with van der Waals surface area (Å²) >= 11 is 1.12. The monoisotopic (exact) mass is 328 g/mol. The topological polar surface area (TPSA) is 114 Å². The number of sulfonamides is 1. The molecule has 0 bridgehead atoms. The molecule has 10 heteroatoms. The van der Waals surface area contributed by atoms with Crippen molar-refractivity contribution in [3.8, 4) is 0 Å². The van der Waals surface area contributed by atoms with Gasteiger partial charge in [0.15, 0.2) is 5.13 Å². The minimum absolute atomic E-state index is 0.186. The van der Waals surface area contributed by atoms with E-state index in [4.69, 9.17) is 0 Å². The molecular formula is C11H12N4O4S2. The molecule has 0 aliphatic heterocycles. The molecule has 8 nitrogen and oxygen atoms in total. The third-order valence-electron chi connectivity index (χ3n) is 2.49. The second-order valence-corrected chi connectivity index (χ2v) is 6.46. The zero-order valence-corrected chi connectivity index (χ0v) is 12.6. The molecule has 0 saturated heterocycles. The Hall–Kier alpha value is -2.20. The summed E-state index contributed by atoms with van der Waals surface area (Å²) in [7, 11) is -3.96. The number of hydrogen-bond acceptors (Lipinski definition) is 7. The molecule has 2 aromatic rings. The van der Waals surface area contributed by atoms with Crippen LogP contribution in [0, 0.1) is 10.1 Å². The summed E-state index contributed by atoms with van der Waals surface area (Å²) < 4.78 is 27.0. The number of aromatic nitrogens is 1. The first-order valence-electron chi connectivity index (χ1n) is 5.88. The lowest BCUT2D eigenvalue weighted by Crippen LogP contribution is -2.15. The zero-order chi connectivity index (χ0) is 15.5. The Morgan fingerprint density at radius 2 is 2.19 bits per heavy atom. The van der Waals surface area contributed by atoms with Gasteiger partial charge in [0, 0.05) is 30.3 Å². The van der Waals surface area contributed by atoms with Gasteiger partial charge in [-0.15, -0.1) is 11.3 Å². The first kappa shape index (κ1) is 15.2. The maximum absolute atomic E-state index is 12.4. The van der Waals surface area contributed by atoms with Gasteiger partial charge in [0.25, 0.3) is 15.7 Å². The maximum atomic E-state index is 12.4. The van der Waals surface area contributed by atoms with Gasteiger partial charge in [0.05, 0.1) is 10.6 Å². The van der Waals surface area contributed by atoms with Crippen LogP contribution in [0.4, 0.5) is 16.5 Å². The lowest BCUT2D eigenvalue weighted by molar-refractivity contribution is -0.385. The zero-order valence-electron chi connectivity index (χ0n) is 10.9. The first-order valence-corrected chi connectivity index (χ1v) is 8.25. The molecule has 21 heavy (non-hydrogen) atoms. The molecule has 0 atom stereocenters. The van der Waals surface area contributed by atoms with Gasteiger partial charge < -0.3 is 5.32 Å². The van der Waals surface area contributed by atoms with Crippen LogP contribution < -0.4 is 10.0 Å². The van der Waals surface area contributed by atoms with Gasteiger partial charge in [0.1, 0.15) is 4.90 Å². The molecule has 0 saturated carbocycles. The molecule has 112 valence electrons. The van der Waals surface area contributed by atoms with Crippen molar-refractivity contribution in [1.29, 1.82) is 0 Å². The average molecular weight is 328 g/mol. The van der Waals surface area contributed by atoms with Gasteiger partial charge in [-0.2, -0.15) is 0 Å². The maximum Gasteiger partial charge on any atom is 0.270 e. The fourth-order valence-electron chi connectivity index (χ4n) is 1.63. The van der Waals surface area contributed by atoms with Crippen LogP contribution in [0.1, 0.15) is 6.92 Å². The van der Waals surface area contributed by atoms with E-state index in [1.807, 2.05) is 0 Å². The Morgan fingerprint density at radius 1 is 1.43 bits per heavy atom. The summed E-state index contributed by atoms with van der Waals surface area (Å²) in [6, 6.07) is 3.65. The first-order chi connectivity index (χ1) is 9.94. The molecule has 1 aromatic carbocycles. The fraction of sp³-hybridized carbons (Fsp3) is 0.182. The van der Waals surface area contributed by atoms with Crippen molar-refractivity contribution in [2.75, 3.05) is 16.6 Å². The van der Waals surface area contributed by atoms with Crippen LogP contribution in [-0.2, 0) is 10.0 Å². The second kappa shape index (κ2) is 6.06. The quantitative estimate of drug-likeness (QED) is 0.621. The van der Waals surface area contributed by atoms with E-state index in [0.717, 1.165) is 17.4 Å². The summed E-state index contributed by atoms with van der Waals surface area (Å²) in [6.07, 6.45) is 1.46. The summed E-state index contributed by atoms with van der Waals surface area (Å²) in [4.78, 5) is 13.8. The van der Waals surface area contributed by atoms with E-state index < -0.39 is 14.9 Å². The molecule has 2 N–H and O–H groups in total. The Bertz CT molecular complexity index is 744. The highest BCUT2D eigenvalue weighted by Gasteiger charge is 2.23. The third-order valence-corrected chi connectivity index (χ3v) is 4.68. The van der Waals surface area contributed by atoms with E-state index in [0.29, 0.717) is 12.2 Å². The molecule has 1 heterocycles. The summed E-state index contributed by atoms with van der Waals surface area (Å²) in [6.45, 7) is 2.28. The molecule has 0 aliphatic rings. The second-order valence-electron chi connectivity index (χ2n) is 3.91. The number of thiazole rings is 1. The van der Waals surface area contributed by atoms with Gasteiger partial charge in [-0.25, -0.2) is 13.4 Å². The molecule has 0 spiro atoms. The standard InChI is InChI=1S/C11H12N4O4S2/c1-2-12-9-4-3-8(15(16)17)7-10(9)21(18,19)14-11-13-5-6-20-11/h3-7,12H,2H2,1H3,(H,13,14). The number of rotatable bonds is 6. The van der Waals surface area contributed by atoms with Crippen LogP contribution in [-0.4, -0.2) is 24.9 Å². The molecule has 1 aromatic heterocycles. The molecule has 2 rings (SSSR count). The molecule has 0 radical (unpaired) electrons. The predicted molar refractivity (Wildman–Crippen MR) is 80.2 cm³/mol. The van der Waals surface area contributed by atoms with Crippen molar-refractivity contribution in [2.45, 2.75) is 11.8 Å². The number of benzene rings is 1. The number of non-ortho nitro benzene ring substituents is 1. The summed E-state index contributed by atoms with van der Waals surface area (Å²) in [5, 5.41) is 15.5. The van der Waals surface area contributed by atoms with Crippen LogP contribution in [0.3, 0.4) is 0 Å². The lowest BCUT2D eigenvalue weighted by Gasteiger charge is -2.11. The Kier molecular flexibility index (Phi) is 4.38. The van der Waals surface area contributed by atoms with E-state index in [9.17, 15) is 18.5 Å². The Balaban J connectivity index is 2.48. The van der Waals surface area contributed by atoms with Crippen LogP contribution >= 0.6 is 11.3 Å². The average Bonchev–Trinajstić information content (AvgIpc) is 2.91. The van der Waals surface area contributed by atoms with Crippen LogP contribution in [0.2, 0.25) is 0 Å². The van der Waals surface area contributed by atoms with Crippen molar-refractivity contribution in [2.24, 2.45) is 0 Å². The molecule has 0 fully saturated rings. The van der Waals surface area contributed by atoms with E-state index >= 15 is 0 Å². The SMILES string of the molecule is CCNc1ccc([N+](=O)[O-])cc1S(=O)(=O)Nc1nccs1. The van der Waals surface area contributed by atoms with E-state index in [-0.39, 0.29) is 15.7 Å².